The maximum Gasteiger partial charge on any atom is 0.183 e. The molecule has 0 saturated heterocycles. The van der Waals surface area contributed by atoms with Gasteiger partial charge in [0, 0.05) is 17.0 Å². The summed E-state index contributed by atoms with van der Waals surface area (Å²) in [6, 6.07) is 4.74. The number of ether oxygens (including phenoxy) is 1. The van der Waals surface area contributed by atoms with Gasteiger partial charge >= 0.3 is 0 Å². The minimum atomic E-state index is -0.294. The smallest absolute Gasteiger partial charge is 0.183 e. The van der Waals surface area contributed by atoms with Crippen molar-refractivity contribution in [1.29, 1.82) is 0 Å². The second kappa shape index (κ2) is 5.35. The molecule has 18 heavy (non-hydrogen) atoms. The van der Waals surface area contributed by atoms with Crippen molar-refractivity contribution in [3.05, 3.63) is 29.4 Å². The average Bonchev–Trinajstić information content (AvgIpc) is 2.76. The molecule has 3 nitrogen and oxygen atoms in total. The van der Waals surface area contributed by atoms with Crippen molar-refractivity contribution in [1.82, 2.24) is 4.98 Å². The van der Waals surface area contributed by atoms with Crippen LogP contribution in [0.1, 0.15) is 13.8 Å². The van der Waals surface area contributed by atoms with Crippen LogP contribution >= 0.6 is 11.3 Å². The van der Waals surface area contributed by atoms with Crippen molar-refractivity contribution >= 4 is 16.5 Å². The van der Waals surface area contributed by atoms with Crippen LogP contribution in [0.4, 0.5) is 9.52 Å². The van der Waals surface area contributed by atoms with Gasteiger partial charge < -0.3 is 10.1 Å². The molecule has 0 aliphatic carbocycles. The molecule has 1 heterocycles. The van der Waals surface area contributed by atoms with E-state index in [1.165, 1.54) is 23.5 Å². The fourth-order valence-corrected chi connectivity index (χ4v) is 2.45. The molecule has 0 atom stereocenters. The number of thiazole rings is 1. The molecule has 2 aromatic rings. The zero-order valence-corrected chi connectivity index (χ0v) is 11.3. The SMILES string of the molecule is COc1ccc(F)cc1-c1csc(NC(C)C)n1. The summed E-state index contributed by atoms with van der Waals surface area (Å²) in [5, 5.41) is 5.94. The number of aromatic nitrogens is 1. The molecule has 0 amide bonds. The Labute approximate surface area is 110 Å². The van der Waals surface area contributed by atoms with E-state index < -0.39 is 0 Å². The predicted molar refractivity (Wildman–Crippen MR) is 72.8 cm³/mol. The molecular formula is C13H15FN2OS. The molecule has 0 aliphatic rings. The van der Waals surface area contributed by atoms with Gasteiger partial charge in [-0.05, 0) is 32.0 Å². The molecule has 0 fully saturated rings. The number of methoxy groups -OCH3 is 1. The highest BCUT2D eigenvalue weighted by Crippen LogP contribution is 2.32. The first-order valence-electron chi connectivity index (χ1n) is 5.66. The lowest BCUT2D eigenvalue weighted by atomic mass is 10.1. The summed E-state index contributed by atoms with van der Waals surface area (Å²) in [6.07, 6.45) is 0. The van der Waals surface area contributed by atoms with Gasteiger partial charge in [-0.15, -0.1) is 11.3 Å². The van der Waals surface area contributed by atoms with E-state index in [4.69, 9.17) is 4.74 Å². The normalized spacial score (nSPS) is 10.7. The number of nitrogens with one attached hydrogen (secondary N) is 1. The third-order valence-corrected chi connectivity index (χ3v) is 3.13. The minimum absolute atomic E-state index is 0.294. The summed E-state index contributed by atoms with van der Waals surface area (Å²) in [5.74, 6) is 0.329. The maximum absolute atomic E-state index is 13.3. The number of halogens is 1. The fraction of sp³-hybridized carbons (Fsp3) is 0.308. The molecule has 0 radical (unpaired) electrons. The molecule has 0 bridgehead atoms. The van der Waals surface area contributed by atoms with Crippen LogP contribution in [-0.4, -0.2) is 18.1 Å². The van der Waals surface area contributed by atoms with Crippen LogP contribution in [0.3, 0.4) is 0 Å². The fourth-order valence-electron chi connectivity index (χ4n) is 1.59. The van der Waals surface area contributed by atoms with E-state index >= 15 is 0 Å². The Kier molecular flexibility index (Phi) is 3.81. The lowest BCUT2D eigenvalue weighted by Crippen LogP contribution is -2.09. The van der Waals surface area contributed by atoms with Crippen molar-refractivity contribution < 1.29 is 9.13 Å². The number of rotatable bonds is 4. The Morgan fingerprint density at radius 3 is 2.83 bits per heavy atom. The number of hydrogen-bond donors (Lipinski definition) is 1. The summed E-state index contributed by atoms with van der Waals surface area (Å²) in [5.41, 5.74) is 1.39. The van der Waals surface area contributed by atoms with E-state index in [-0.39, 0.29) is 5.82 Å². The quantitative estimate of drug-likeness (QED) is 0.914. The Morgan fingerprint density at radius 1 is 1.39 bits per heavy atom. The number of anilines is 1. The molecule has 2 rings (SSSR count). The minimum Gasteiger partial charge on any atom is -0.496 e. The zero-order valence-electron chi connectivity index (χ0n) is 10.5. The van der Waals surface area contributed by atoms with Gasteiger partial charge in [0.25, 0.3) is 0 Å². The van der Waals surface area contributed by atoms with Crippen molar-refractivity contribution in [2.75, 3.05) is 12.4 Å². The second-order valence-corrected chi connectivity index (χ2v) is 5.04. The van der Waals surface area contributed by atoms with Gasteiger partial charge in [-0.1, -0.05) is 0 Å². The molecule has 0 spiro atoms. The first kappa shape index (κ1) is 12.8. The van der Waals surface area contributed by atoms with Crippen LogP contribution in [0, 0.1) is 5.82 Å². The monoisotopic (exact) mass is 266 g/mol. The Morgan fingerprint density at radius 2 is 2.17 bits per heavy atom. The summed E-state index contributed by atoms with van der Waals surface area (Å²) in [4.78, 5) is 4.43. The summed E-state index contributed by atoms with van der Waals surface area (Å²) in [6.45, 7) is 4.09. The van der Waals surface area contributed by atoms with Crippen LogP contribution in [0.5, 0.6) is 5.75 Å². The van der Waals surface area contributed by atoms with Crippen LogP contribution in [0.25, 0.3) is 11.3 Å². The summed E-state index contributed by atoms with van der Waals surface area (Å²) in [7, 11) is 1.57. The predicted octanol–water partition coefficient (Wildman–Crippen LogP) is 3.78. The van der Waals surface area contributed by atoms with Gasteiger partial charge in [-0.3, -0.25) is 0 Å². The third-order valence-electron chi connectivity index (χ3n) is 2.35. The number of benzene rings is 1. The molecular weight excluding hydrogens is 251 g/mol. The van der Waals surface area contributed by atoms with Gasteiger partial charge in [0.2, 0.25) is 0 Å². The lowest BCUT2D eigenvalue weighted by molar-refractivity contribution is 0.415. The van der Waals surface area contributed by atoms with Crippen molar-refractivity contribution in [3.8, 4) is 17.0 Å². The summed E-state index contributed by atoms with van der Waals surface area (Å²) < 4.78 is 18.5. The van der Waals surface area contributed by atoms with E-state index in [0.717, 1.165) is 10.8 Å². The highest BCUT2D eigenvalue weighted by Gasteiger charge is 2.11. The van der Waals surface area contributed by atoms with Crippen molar-refractivity contribution in [2.24, 2.45) is 0 Å². The van der Waals surface area contributed by atoms with Crippen LogP contribution in [-0.2, 0) is 0 Å². The van der Waals surface area contributed by atoms with Crippen molar-refractivity contribution in [3.63, 3.8) is 0 Å². The van der Waals surface area contributed by atoms with Crippen LogP contribution in [0.2, 0.25) is 0 Å². The standard InChI is InChI=1S/C13H15FN2OS/c1-8(2)15-13-16-11(7-18-13)10-6-9(14)4-5-12(10)17-3/h4-8H,1-3H3,(H,15,16). The third kappa shape index (κ3) is 2.79. The Hall–Kier alpha value is -1.62. The number of nitrogens with zero attached hydrogens (tertiary/aromatic N) is 1. The molecule has 1 aromatic heterocycles. The molecule has 0 aliphatic heterocycles. The molecule has 96 valence electrons. The van der Waals surface area contributed by atoms with E-state index in [0.29, 0.717) is 17.4 Å². The van der Waals surface area contributed by atoms with E-state index in [1.807, 2.05) is 19.2 Å². The molecule has 1 N–H and O–H groups in total. The largest absolute Gasteiger partial charge is 0.496 e. The highest BCUT2D eigenvalue weighted by molar-refractivity contribution is 7.14. The molecule has 5 heteroatoms. The maximum atomic E-state index is 13.3. The van der Waals surface area contributed by atoms with Gasteiger partial charge in [0.15, 0.2) is 5.13 Å². The van der Waals surface area contributed by atoms with Crippen LogP contribution in [0.15, 0.2) is 23.6 Å². The van der Waals surface area contributed by atoms with E-state index in [2.05, 4.69) is 10.3 Å². The summed E-state index contributed by atoms with van der Waals surface area (Å²) >= 11 is 1.50. The van der Waals surface area contributed by atoms with E-state index in [9.17, 15) is 4.39 Å². The van der Waals surface area contributed by atoms with Gasteiger partial charge in [-0.25, -0.2) is 9.37 Å². The lowest BCUT2D eigenvalue weighted by Gasteiger charge is -2.07. The average molecular weight is 266 g/mol. The zero-order chi connectivity index (χ0) is 13.1. The molecule has 1 aromatic carbocycles. The molecule has 0 unspecified atom stereocenters. The first-order valence-corrected chi connectivity index (χ1v) is 6.54. The topological polar surface area (TPSA) is 34.1 Å². The Balaban J connectivity index is 2.36. The first-order chi connectivity index (χ1) is 8.60. The number of hydrogen-bond acceptors (Lipinski definition) is 4. The van der Waals surface area contributed by atoms with Gasteiger partial charge in [-0.2, -0.15) is 0 Å². The van der Waals surface area contributed by atoms with Crippen molar-refractivity contribution in [2.45, 2.75) is 19.9 Å². The van der Waals surface area contributed by atoms with Crippen LogP contribution < -0.4 is 10.1 Å². The highest BCUT2D eigenvalue weighted by atomic mass is 32.1. The second-order valence-electron chi connectivity index (χ2n) is 4.18. The molecule has 0 saturated carbocycles. The van der Waals surface area contributed by atoms with Gasteiger partial charge in [0.1, 0.15) is 11.6 Å². The van der Waals surface area contributed by atoms with Gasteiger partial charge in [0.05, 0.1) is 12.8 Å². The van der Waals surface area contributed by atoms with E-state index in [1.54, 1.807) is 13.2 Å². The Bertz CT molecular complexity index is 540.